The Hall–Kier alpha value is -4.14. The summed E-state index contributed by atoms with van der Waals surface area (Å²) in [5.41, 5.74) is 4.40. The van der Waals surface area contributed by atoms with Gasteiger partial charge in [-0.1, -0.05) is 54.6 Å². The molecule has 0 fully saturated rings. The third-order valence-electron chi connectivity index (χ3n) is 6.74. The van der Waals surface area contributed by atoms with Gasteiger partial charge in [0.25, 0.3) is 5.91 Å². The zero-order chi connectivity index (χ0) is 30.0. The highest BCUT2D eigenvalue weighted by Crippen LogP contribution is 2.22. The first-order valence-corrected chi connectivity index (χ1v) is 14.4. The molecule has 4 rings (SSSR count). The average Bonchev–Trinajstić information content (AvgIpc) is 3.40. The molecule has 42 heavy (non-hydrogen) atoms. The number of aryl methyl sites for hydroxylation is 1. The molecule has 0 saturated heterocycles. The van der Waals surface area contributed by atoms with Gasteiger partial charge in [0, 0.05) is 24.0 Å². The first-order chi connectivity index (χ1) is 20.2. The molecule has 0 spiro atoms. The molecule has 2 amide bonds. The summed E-state index contributed by atoms with van der Waals surface area (Å²) in [5.74, 6) is 0.651. The van der Waals surface area contributed by atoms with Crippen LogP contribution in [0.4, 0.5) is 0 Å². The molecule has 222 valence electrons. The number of nitrogens with zero attached hydrogens (tertiary/aromatic N) is 2. The Balaban J connectivity index is 1.15. The summed E-state index contributed by atoms with van der Waals surface area (Å²) in [6, 6.07) is 26.0. The van der Waals surface area contributed by atoms with Crippen LogP contribution in [0.1, 0.15) is 54.4 Å². The number of fused-ring (bicyclic) bond motifs is 1. The van der Waals surface area contributed by atoms with E-state index in [1.807, 2.05) is 87.5 Å². The van der Waals surface area contributed by atoms with Gasteiger partial charge >= 0.3 is 0 Å². The van der Waals surface area contributed by atoms with E-state index < -0.39 is 5.60 Å². The maximum Gasteiger partial charge on any atom is 0.267 e. The Morgan fingerprint density at radius 2 is 1.67 bits per heavy atom. The number of H-pyrrole nitrogens is 1. The summed E-state index contributed by atoms with van der Waals surface area (Å²) in [4.78, 5) is 35.1. The number of amides is 2. The van der Waals surface area contributed by atoms with Gasteiger partial charge in [-0.3, -0.25) is 14.4 Å². The number of hydrogen-bond acceptors (Lipinski definition) is 5. The van der Waals surface area contributed by atoms with Crippen molar-refractivity contribution >= 4 is 23.2 Å². The Kier molecular flexibility index (Phi) is 10.8. The maximum absolute atomic E-state index is 12.8. The summed E-state index contributed by atoms with van der Waals surface area (Å²) >= 11 is 0. The largest absolute Gasteiger partial charge is 0.489 e. The number of ether oxygens (including phenoxy) is 1. The quantitative estimate of drug-likeness (QED) is 0.141. The molecular formula is C34H42N4O4. The SMILES string of the molecule is CN(CCCc1ccc(CN(C=O)OC(C)(C)C)cc1)CCNC(=O)c1cc2cc(OCc3ccccc3)ccc2[nH]1. The lowest BCUT2D eigenvalue weighted by Crippen LogP contribution is -2.33. The molecule has 0 aliphatic rings. The van der Waals surface area contributed by atoms with E-state index in [1.165, 1.54) is 10.6 Å². The van der Waals surface area contributed by atoms with Gasteiger partial charge in [0.05, 0.1) is 12.1 Å². The fourth-order valence-corrected chi connectivity index (χ4v) is 4.62. The third-order valence-corrected chi connectivity index (χ3v) is 6.74. The molecule has 8 heteroatoms. The van der Waals surface area contributed by atoms with Crippen LogP contribution in [0.15, 0.2) is 78.9 Å². The van der Waals surface area contributed by atoms with Crippen LogP contribution >= 0.6 is 0 Å². The van der Waals surface area contributed by atoms with Crippen molar-refractivity contribution in [1.82, 2.24) is 20.3 Å². The van der Waals surface area contributed by atoms with Crippen LogP contribution in [0, 0.1) is 0 Å². The number of hydrogen-bond donors (Lipinski definition) is 2. The Bertz CT molecular complexity index is 1430. The molecule has 0 unspecified atom stereocenters. The lowest BCUT2D eigenvalue weighted by molar-refractivity contribution is -0.220. The number of nitrogens with one attached hydrogen (secondary N) is 2. The fraction of sp³-hybridized carbons (Fsp3) is 0.353. The van der Waals surface area contributed by atoms with Crippen LogP contribution in [-0.2, 0) is 29.2 Å². The van der Waals surface area contributed by atoms with Crippen molar-refractivity contribution in [1.29, 1.82) is 0 Å². The number of rotatable bonds is 15. The van der Waals surface area contributed by atoms with Crippen molar-refractivity contribution in [3.05, 3.63) is 101 Å². The number of benzene rings is 3. The number of aromatic amines is 1. The molecule has 2 N–H and O–H groups in total. The molecule has 0 aliphatic carbocycles. The lowest BCUT2D eigenvalue weighted by atomic mass is 10.1. The first-order valence-electron chi connectivity index (χ1n) is 14.4. The standard InChI is InChI=1S/C34H42N4O4/c1-34(2,3)42-38(25-39)23-27-14-12-26(13-15-27)11-8-19-37(4)20-18-35-33(40)32-22-29-21-30(16-17-31(29)36-32)41-24-28-9-6-5-7-10-28/h5-7,9-10,12-17,21-22,25,36H,8,11,18-20,23-24H2,1-4H3,(H,35,40). The predicted molar refractivity (Wildman–Crippen MR) is 166 cm³/mol. The molecule has 0 atom stereocenters. The van der Waals surface area contributed by atoms with Gasteiger partial charge in [-0.05, 0) is 88.2 Å². The lowest BCUT2D eigenvalue weighted by Gasteiger charge is -2.26. The van der Waals surface area contributed by atoms with Crippen molar-refractivity contribution < 1.29 is 19.2 Å². The van der Waals surface area contributed by atoms with Gasteiger partial charge in [0.2, 0.25) is 6.41 Å². The summed E-state index contributed by atoms with van der Waals surface area (Å²) < 4.78 is 5.92. The zero-order valence-corrected chi connectivity index (χ0v) is 25.1. The normalized spacial score (nSPS) is 11.5. The van der Waals surface area contributed by atoms with E-state index in [4.69, 9.17) is 9.57 Å². The summed E-state index contributed by atoms with van der Waals surface area (Å²) in [6.07, 6.45) is 2.68. The highest BCUT2D eigenvalue weighted by molar-refractivity contribution is 5.98. The second-order valence-corrected chi connectivity index (χ2v) is 11.6. The average molecular weight is 571 g/mol. The van der Waals surface area contributed by atoms with E-state index in [2.05, 4.69) is 34.4 Å². The second-order valence-electron chi connectivity index (χ2n) is 11.6. The Morgan fingerprint density at radius 3 is 2.38 bits per heavy atom. The summed E-state index contributed by atoms with van der Waals surface area (Å²) in [6.45, 7) is 8.92. The second kappa shape index (κ2) is 14.7. The van der Waals surface area contributed by atoms with E-state index in [0.717, 1.165) is 60.1 Å². The first kappa shape index (κ1) is 30.8. The molecule has 0 bridgehead atoms. The number of aromatic nitrogens is 1. The van der Waals surface area contributed by atoms with Crippen molar-refractivity contribution in [3.63, 3.8) is 0 Å². The van der Waals surface area contributed by atoms with Crippen LogP contribution in [0.25, 0.3) is 10.9 Å². The minimum Gasteiger partial charge on any atom is -0.489 e. The summed E-state index contributed by atoms with van der Waals surface area (Å²) in [5, 5.41) is 5.29. The van der Waals surface area contributed by atoms with Gasteiger partial charge in [-0.2, -0.15) is 0 Å². The van der Waals surface area contributed by atoms with Gasteiger partial charge in [0.1, 0.15) is 18.1 Å². The zero-order valence-electron chi connectivity index (χ0n) is 25.1. The van der Waals surface area contributed by atoms with E-state index in [9.17, 15) is 9.59 Å². The van der Waals surface area contributed by atoms with E-state index >= 15 is 0 Å². The van der Waals surface area contributed by atoms with Crippen LogP contribution in [0.2, 0.25) is 0 Å². The molecule has 4 aromatic rings. The monoisotopic (exact) mass is 570 g/mol. The third kappa shape index (κ3) is 9.75. The van der Waals surface area contributed by atoms with Gasteiger partial charge in [-0.25, -0.2) is 5.06 Å². The minimum atomic E-state index is -0.421. The van der Waals surface area contributed by atoms with Crippen LogP contribution < -0.4 is 10.1 Å². The van der Waals surface area contributed by atoms with Gasteiger partial charge in [-0.15, -0.1) is 0 Å². The molecule has 1 aromatic heterocycles. The van der Waals surface area contributed by atoms with E-state index in [-0.39, 0.29) is 5.91 Å². The molecular weight excluding hydrogens is 528 g/mol. The number of carbonyl (C=O) groups excluding carboxylic acids is 2. The van der Waals surface area contributed by atoms with Crippen LogP contribution in [0.3, 0.4) is 0 Å². The summed E-state index contributed by atoms with van der Waals surface area (Å²) in [7, 11) is 2.07. The Morgan fingerprint density at radius 1 is 0.929 bits per heavy atom. The van der Waals surface area contributed by atoms with Crippen LogP contribution in [-0.4, -0.2) is 59.5 Å². The molecule has 8 nitrogen and oxygen atoms in total. The molecule has 3 aromatic carbocycles. The number of likely N-dealkylation sites (N-methyl/N-ethyl adjacent to an activating group) is 1. The van der Waals surface area contributed by atoms with Crippen molar-refractivity contribution in [3.8, 4) is 5.75 Å². The maximum atomic E-state index is 12.8. The Labute approximate surface area is 248 Å². The van der Waals surface area contributed by atoms with E-state index in [0.29, 0.717) is 25.4 Å². The van der Waals surface area contributed by atoms with Crippen LogP contribution in [0.5, 0.6) is 5.75 Å². The predicted octanol–water partition coefficient (Wildman–Crippen LogP) is 5.73. The molecule has 0 saturated carbocycles. The molecule has 1 heterocycles. The van der Waals surface area contributed by atoms with Crippen molar-refractivity contribution in [2.24, 2.45) is 0 Å². The molecule has 0 aliphatic heterocycles. The molecule has 0 radical (unpaired) electrons. The topological polar surface area (TPSA) is 86.9 Å². The van der Waals surface area contributed by atoms with Crippen molar-refractivity contribution in [2.45, 2.75) is 52.4 Å². The minimum absolute atomic E-state index is 0.118. The van der Waals surface area contributed by atoms with Crippen molar-refractivity contribution in [2.75, 3.05) is 26.7 Å². The number of hydroxylamine groups is 2. The van der Waals surface area contributed by atoms with Gasteiger partial charge < -0.3 is 19.9 Å². The fourth-order valence-electron chi connectivity index (χ4n) is 4.62. The highest BCUT2D eigenvalue weighted by Gasteiger charge is 2.16. The van der Waals surface area contributed by atoms with E-state index in [1.54, 1.807) is 0 Å². The highest BCUT2D eigenvalue weighted by atomic mass is 16.7. The smallest absolute Gasteiger partial charge is 0.267 e. The number of carbonyl (C=O) groups is 2. The van der Waals surface area contributed by atoms with Gasteiger partial charge in [0.15, 0.2) is 0 Å².